The van der Waals surface area contributed by atoms with Gasteiger partial charge in [0.1, 0.15) is 0 Å². The normalized spacial score (nSPS) is 15.4. The molecule has 0 aliphatic carbocycles. The van der Waals surface area contributed by atoms with Gasteiger partial charge in [0.2, 0.25) is 5.91 Å². The highest BCUT2D eigenvalue weighted by molar-refractivity contribution is 9.10. The standard InChI is InChI=1S/C21H26BrN3O2/c1-2-18(16-7-9-17(22)10-8-16)23-15-21(26)24-19-5-3-4-6-20(19)25-11-13-27-14-12-25/h3-10,18,23H,2,11-15H2,1H3,(H,24,26)/t18-/m1/s1. The van der Waals surface area contributed by atoms with Gasteiger partial charge in [0, 0.05) is 23.6 Å². The van der Waals surface area contributed by atoms with Gasteiger partial charge >= 0.3 is 0 Å². The molecule has 1 aliphatic rings. The summed E-state index contributed by atoms with van der Waals surface area (Å²) in [6.45, 7) is 5.50. The van der Waals surface area contributed by atoms with Crippen molar-refractivity contribution in [3.05, 3.63) is 58.6 Å². The molecule has 144 valence electrons. The largest absolute Gasteiger partial charge is 0.378 e. The van der Waals surface area contributed by atoms with E-state index in [-0.39, 0.29) is 18.5 Å². The second-order valence-electron chi connectivity index (χ2n) is 6.56. The first-order valence-electron chi connectivity index (χ1n) is 9.38. The van der Waals surface area contributed by atoms with E-state index in [1.807, 2.05) is 36.4 Å². The number of rotatable bonds is 7. The van der Waals surface area contributed by atoms with Crippen LogP contribution in [0.1, 0.15) is 24.9 Å². The highest BCUT2D eigenvalue weighted by Crippen LogP contribution is 2.26. The molecule has 1 aliphatic heterocycles. The van der Waals surface area contributed by atoms with Crippen LogP contribution in [-0.2, 0) is 9.53 Å². The van der Waals surface area contributed by atoms with Gasteiger partial charge in [-0.2, -0.15) is 0 Å². The van der Waals surface area contributed by atoms with Crippen LogP contribution in [0.15, 0.2) is 53.0 Å². The second kappa shape index (κ2) is 9.88. The maximum atomic E-state index is 12.5. The number of para-hydroxylation sites is 2. The third-order valence-electron chi connectivity index (χ3n) is 4.72. The third-order valence-corrected chi connectivity index (χ3v) is 5.25. The topological polar surface area (TPSA) is 53.6 Å². The number of nitrogens with zero attached hydrogens (tertiary/aromatic N) is 1. The predicted octanol–water partition coefficient (Wildman–Crippen LogP) is 3.97. The second-order valence-corrected chi connectivity index (χ2v) is 7.47. The monoisotopic (exact) mass is 431 g/mol. The summed E-state index contributed by atoms with van der Waals surface area (Å²) in [5.41, 5.74) is 3.08. The summed E-state index contributed by atoms with van der Waals surface area (Å²) in [5.74, 6) is -0.0359. The molecule has 27 heavy (non-hydrogen) atoms. The Bertz CT molecular complexity index is 745. The van der Waals surface area contributed by atoms with Gasteiger partial charge in [-0.25, -0.2) is 0 Å². The first-order chi connectivity index (χ1) is 13.2. The molecular weight excluding hydrogens is 406 g/mol. The molecule has 6 heteroatoms. The molecule has 1 atom stereocenters. The van der Waals surface area contributed by atoms with E-state index in [2.05, 4.69) is 50.5 Å². The molecule has 1 amide bonds. The van der Waals surface area contributed by atoms with Crippen LogP contribution in [0.5, 0.6) is 0 Å². The van der Waals surface area contributed by atoms with Gasteiger partial charge in [-0.3, -0.25) is 4.79 Å². The molecule has 5 nitrogen and oxygen atoms in total. The van der Waals surface area contributed by atoms with E-state index in [0.717, 1.165) is 48.6 Å². The molecule has 1 heterocycles. The number of amides is 1. The van der Waals surface area contributed by atoms with Crippen LogP contribution in [-0.4, -0.2) is 38.8 Å². The lowest BCUT2D eigenvalue weighted by Crippen LogP contribution is -2.37. The van der Waals surface area contributed by atoms with Crippen LogP contribution in [0, 0.1) is 0 Å². The van der Waals surface area contributed by atoms with Gasteiger partial charge in [-0.1, -0.05) is 47.1 Å². The molecule has 0 bridgehead atoms. The van der Waals surface area contributed by atoms with Gasteiger partial charge in [-0.05, 0) is 36.2 Å². The lowest BCUT2D eigenvalue weighted by atomic mass is 10.0. The van der Waals surface area contributed by atoms with Gasteiger partial charge in [-0.15, -0.1) is 0 Å². The van der Waals surface area contributed by atoms with E-state index in [1.54, 1.807) is 0 Å². The lowest BCUT2D eigenvalue weighted by Gasteiger charge is -2.30. The van der Waals surface area contributed by atoms with Crippen molar-refractivity contribution in [2.24, 2.45) is 0 Å². The van der Waals surface area contributed by atoms with E-state index in [0.29, 0.717) is 0 Å². The Labute approximate surface area is 169 Å². The van der Waals surface area contributed by atoms with Crippen molar-refractivity contribution in [1.82, 2.24) is 5.32 Å². The van der Waals surface area contributed by atoms with Crippen molar-refractivity contribution >= 4 is 33.2 Å². The fourth-order valence-corrected chi connectivity index (χ4v) is 3.53. The summed E-state index contributed by atoms with van der Waals surface area (Å²) in [5, 5.41) is 6.42. The number of hydrogen-bond donors (Lipinski definition) is 2. The zero-order valence-electron chi connectivity index (χ0n) is 15.6. The van der Waals surface area contributed by atoms with Gasteiger partial charge in [0.05, 0.1) is 31.1 Å². The van der Waals surface area contributed by atoms with Crippen molar-refractivity contribution in [3.8, 4) is 0 Å². The Hall–Kier alpha value is -1.89. The molecule has 1 fully saturated rings. The molecule has 2 aromatic rings. The number of morpholine rings is 1. The van der Waals surface area contributed by atoms with E-state index in [1.165, 1.54) is 5.56 Å². The van der Waals surface area contributed by atoms with Crippen molar-refractivity contribution in [2.75, 3.05) is 43.1 Å². The van der Waals surface area contributed by atoms with Gasteiger partial charge in [0.25, 0.3) is 0 Å². The summed E-state index contributed by atoms with van der Waals surface area (Å²) in [6, 6.07) is 16.3. The van der Waals surface area contributed by atoms with Gasteiger partial charge in [0.15, 0.2) is 0 Å². The first-order valence-corrected chi connectivity index (χ1v) is 10.2. The number of nitrogens with one attached hydrogen (secondary N) is 2. The van der Waals surface area contributed by atoms with Crippen LogP contribution in [0.4, 0.5) is 11.4 Å². The van der Waals surface area contributed by atoms with Crippen LogP contribution in [0.3, 0.4) is 0 Å². The fourth-order valence-electron chi connectivity index (χ4n) is 3.26. The predicted molar refractivity (Wildman–Crippen MR) is 113 cm³/mol. The Kier molecular flexibility index (Phi) is 7.26. The quantitative estimate of drug-likeness (QED) is 0.696. The van der Waals surface area contributed by atoms with Crippen LogP contribution in [0.2, 0.25) is 0 Å². The Morgan fingerprint density at radius 2 is 1.85 bits per heavy atom. The number of halogens is 1. The van der Waals surface area contributed by atoms with E-state index in [9.17, 15) is 4.79 Å². The average Bonchev–Trinajstić information content (AvgIpc) is 2.71. The number of carbonyl (C=O) groups excluding carboxylic acids is 1. The summed E-state index contributed by atoms with van der Waals surface area (Å²) in [6.07, 6.45) is 0.916. The smallest absolute Gasteiger partial charge is 0.238 e. The fraction of sp³-hybridized carbons (Fsp3) is 0.381. The molecular formula is C21H26BrN3O2. The van der Waals surface area contributed by atoms with Crippen LogP contribution in [0.25, 0.3) is 0 Å². The van der Waals surface area contributed by atoms with Gasteiger partial charge < -0.3 is 20.3 Å². The Morgan fingerprint density at radius 3 is 2.56 bits per heavy atom. The molecule has 3 rings (SSSR count). The number of hydrogen-bond acceptors (Lipinski definition) is 4. The van der Waals surface area contributed by atoms with Crippen molar-refractivity contribution < 1.29 is 9.53 Å². The van der Waals surface area contributed by atoms with E-state index >= 15 is 0 Å². The lowest BCUT2D eigenvalue weighted by molar-refractivity contribution is -0.115. The molecule has 0 unspecified atom stereocenters. The zero-order valence-corrected chi connectivity index (χ0v) is 17.2. The van der Waals surface area contributed by atoms with Crippen molar-refractivity contribution in [3.63, 3.8) is 0 Å². The van der Waals surface area contributed by atoms with Crippen molar-refractivity contribution in [2.45, 2.75) is 19.4 Å². The molecule has 0 radical (unpaired) electrons. The third kappa shape index (κ3) is 5.54. The zero-order chi connectivity index (χ0) is 19.1. The first kappa shape index (κ1) is 19.9. The summed E-state index contributed by atoms with van der Waals surface area (Å²) < 4.78 is 6.48. The van der Waals surface area contributed by atoms with Crippen molar-refractivity contribution in [1.29, 1.82) is 0 Å². The molecule has 0 aromatic heterocycles. The maximum absolute atomic E-state index is 12.5. The highest BCUT2D eigenvalue weighted by atomic mass is 79.9. The number of ether oxygens (including phenoxy) is 1. The highest BCUT2D eigenvalue weighted by Gasteiger charge is 2.16. The summed E-state index contributed by atoms with van der Waals surface area (Å²) in [4.78, 5) is 14.8. The van der Waals surface area contributed by atoms with Crippen LogP contribution >= 0.6 is 15.9 Å². The van der Waals surface area contributed by atoms with E-state index < -0.39 is 0 Å². The minimum absolute atomic E-state index is 0.0359. The molecule has 0 saturated carbocycles. The maximum Gasteiger partial charge on any atom is 0.238 e. The molecule has 0 spiro atoms. The number of carbonyl (C=O) groups is 1. The summed E-state index contributed by atoms with van der Waals surface area (Å²) >= 11 is 3.46. The Morgan fingerprint density at radius 1 is 1.15 bits per heavy atom. The van der Waals surface area contributed by atoms with E-state index in [4.69, 9.17) is 4.74 Å². The SMILES string of the molecule is CC[C@@H](NCC(=O)Nc1ccccc1N1CCOCC1)c1ccc(Br)cc1. The average molecular weight is 432 g/mol. The molecule has 2 aromatic carbocycles. The minimum atomic E-state index is -0.0359. The summed E-state index contributed by atoms with van der Waals surface area (Å²) in [7, 11) is 0. The number of anilines is 2. The molecule has 1 saturated heterocycles. The molecule has 2 N–H and O–H groups in total. The minimum Gasteiger partial charge on any atom is -0.378 e. The van der Waals surface area contributed by atoms with Crippen LogP contribution < -0.4 is 15.5 Å². The number of benzene rings is 2. The Balaban J connectivity index is 1.60.